The molecule has 184 valence electrons. The van der Waals surface area contributed by atoms with Gasteiger partial charge in [0.1, 0.15) is 13.2 Å². The lowest BCUT2D eigenvalue weighted by Gasteiger charge is -2.30. The lowest BCUT2D eigenvalue weighted by molar-refractivity contribution is -0.126. The summed E-state index contributed by atoms with van der Waals surface area (Å²) in [6.07, 6.45) is 3.50. The second-order valence-electron chi connectivity index (χ2n) is 8.61. The van der Waals surface area contributed by atoms with Crippen molar-refractivity contribution in [1.82, 2.24) is 19.4 Å². The highest BCUT2D eigenvalue weighted by Crippen LogP contribution is 2.34. The van der Waals surface area contributed by atoms with E-state index in [2.05, 4.69) is 10.4 Å². The second-order valence-corrected chi connectivity index (χ2v) is 10.5. The van der Waals surface area contributed by atoms with E-state index in [-0.39, 0.29) is 16.7 Å². The largest absolute Gasteiger partial charge is 0.486 e. The number of sulfonamides is 1. The number of carbonyl (C=O) groups is 1. The molecule has 1 aromatic heterocycles. The first kappa shape index (κ1) is 23.4. The molecular weight excluding hydrogens is 468 g/mol. The third-order valence-electron chi connectivity index (χ3n) is 6.32. The van der Waals surface area contributed by atoms with Crippen molar-refractivity contribution in [3.63, 3.8) is 0 Å². The number of fused-ring (bicyclic) bond motifs is 1. The molecule has 2 aliphatic rings. The van der Waals surface area contributed by atoms with E-state index in [4.69, 9.17) is 9.47 Å². The van der Waals surface area contributed by atoms with Crippen LogP contribution in [0.4, 0.5) is 0 Å². The van der Waals surface area contributed by atoms with Gasteiger partial charge in [0.25, 0.3) is 0 Å². The van der Waals surface area contributed by atoms with Crippen LogP contribution < -0.4 is 14.8 Å². The number of amides is 1. The van der Waals surface area contributed by atoms with Crippen molar-refractivity contribution >= 4 is 15.9 Å². The van der Waals surface area contributed by atoms with Crippen LogP contribution in [0, 0.1) is 5.92 Å². The number of piperidine rings is 1. The molecule has 0 aliphatic carbocycles. The van der Waals surface area contributed by atoms with Gasteiger partial charge in [0.15, 0.2) is 11.5 Å². The Labute approximate surface area is 204 Å². The zero-order valence-electron chi connectivity index (χ0n) is 19.3. The molecule has 5 rings (SSSR count). The molecule has 3 aromatic rings. The molecular formula is C25H28N4O5S. The molecule has 3 heterocycles. The second kappa shape index (κ2) is 10.1. The molecule has 2 aliphatic heterocycles. The molecule has 0 atom stereocenters. The topological polar surface area (TPSA) is 103 Å². The first-order valence-corrected chi connectivity index (χ1v) is 13.2. The first-order chi connectivity index (χ1) is 17.0. The van der Waals surface area contributed by atoms with Crippen LogP contribution in [0.1, 0.15) is 18.5 Å². The number of ether oxygens (including phenoxy) is 2. The van der Waals surface area contributed by atoms with Crippen LogP contribution in [0.2, 0.25) is 0 Å². The summed E-state index contributed by atoms with van der Waals surface area (Å²) in [7, 11) is -3.66. The molecule has 1 N–H and O–H groups in total. The molecule has 0 unspecified atom stereocenters. The zero-order valence-corrected chi connectivity index (χ0v) is 20.1. The summed E-state index contributed by atoms with van der Waals surface area (Å²) in [5.41, 5.74) is 1.88. The van der Waals surface area contributed by atoms with Crippen molar-refractivity contribution in [1.29, 1.82) is 0 Å². The van der Waals surface area contributed by atoms with Crippen molar-refractivity contribution < 1.29 is 22.7 Å². The van der Waals surface area contributed by atoms with Crippen molar-refractivity contribution in [2.75, 3.05) is 32.8 Å². The third kappa shape index (κ3) is 5.18. The lowest BCUT2D eigenvalue weighted by atomic mass is 9.97. The van der Waals surface area contributed by atoms with Gasteiger partial charge in [-0.25, -0.2) is 13.1 Å². The third-order valence-corrected chi connectivity index (χ3v) is 8.22. The van der Waals surface area contributed by atoms with Gasteiger partial charge in [0.05, 0.1) is 16.3 Å². The average Bonchev–Trinajstić information content (AvgIpc) is 3.38. The maximum Gasteiger partial charge on any atom is 0.243 e. The normalized spacial score (nSPS) is 16.7. The van der Waals surface area contributed by atoms with E-state index in [0.717, 1.165) is 11.4 Å². The smallest absolute Gasteiger partial charge is 0.243 e. The van der Waals surface area contributed by atoms with E-state index in [1.165, 1.54) is 10.4 Å². The van der Waals surface area contributed by atoms with Crippen LogP contribution in [-0.2, 0) is 21.2 Å². The fourth-order valence-electron chi connectivity index (χ4n) is 4.37. The number of aromatic nitrogens is 2. The fourth-order valence-corrected chi connectivity index (χ4v) is 5.85. The Morgan fingerprint density at radius 2 is 1.74 bits per heavy atom. The number of benzene rings is 2. The number of hydrogen-bond donors (Lipinski definition) is 1. The fraction of sp³-hybridized carbons (Fsp3) is 0.360. The molecule has 0 bridgehead atoms. The first-order valence-electron chi connectivity index (χ1n) is 11.8. The lowest BCUT2D eigenvalue weighted by Crippen LogP contribution is -2.43. The summed E-state index contributed by atoms with van der Waals surface area (Å²) < 4.78 is 40.5. The number of nitrogens with zero attached hydrogens (tertiary/aromatic N) is 3. The summed E-state index contributed by atoms with van der Waals surface area (Å²) >= 11 is 0. The molecule has 10 heteroatoms. The quantitative estimate of drug-likeness (QED) is 0.539. The van der Waals surface area contributed by atoms with Gasteiger partial charge in [-0.05, 0) is 43.2 Å². The number of nitrogens with one attached hydrogen (secondary N) is 1. The predicted molar refractivity (Wildman–Crippen MR) is 129 cm³/mol. The maximum atomic E-state index is 13.1. The standard InChI is InChI=1S/C25H28N4O5S/c30-25(26-12-8-20-11-15-29(27-20)21-4-2-1-3-5-21)19-9-13-28(14-10-19)35(31,32)22-6-7-23-24(18-22)34-17-16-33-23/h1-7,11,15,18-19H,8-10,12-14,16-17H2,(H,26,30). The van der Waals surface area contributed by atoms with Crippen LogP contribution in [0.25, 0.3) is 5.69 Å². The molecule has 2 aromatic carbocycles. The number of para-hydroxylation sites is 1. The van der Waals surface area contributed by atoms with Gasteiger partial charge in [-0.3, -0.25) is 4.79 Å². The summed E-state index contributed by atoms with van der Waals surface area (Å²) in [5.74, 6) is 0.755. The van der Waals surface area contributed by atoms with E-state index in [9.17, 15) is 13.2 Å². The molecule has 0 radical (unpaired) electrons. The molecule has 9 nitrogen and oxygen atoms in total. The van der Waals surface area contributed by atoms with Gasteiger partial charge < -0.3 is 14.8 Å². The van der Waals surface area contributed by atoms with Gasteiger partial charge in [-0.1, -0.05) is 18.2 Å². The summed E-state index contributed by atoms with van der Waals surface area (Å²) in [5, 5.41) is 7.54. The predicted octanol–water partition coefficient (Wildman–Crippen LogP) is 2.40. The van der Waals surface area contributed by atoms with Crippen LogP contribution in [0.15, 0.2) is 65.7 Å². The average molecular weight is 497 g/mol. The Bertz CT molecular complexity index is 1280. The highest BCUT2D eigenvalue weighted by molar-refractivity contribution is 7.89. The van der Waals surface area contributed by atoms with E-state index in [1.54, 1.807) is 12.1 Å². The van der Waals surface area contributed by atoms with E-state index in [0.29, 0.717) is 63.6 Å². The van der Waals surface area contributed by atoms with Crippen molar-refractivity contribution in [2.24, 2.45) is 5.92 Å². The van der Waals surface area contributed by atoms with Crippen LogP contribution in [-0.4, -0.2) is 61.3 Å². The molecule has 0 spiro atoms. The summed E-state index contributed by atoms with van der Waals surface area (Å²) in [4.78, 5) is 12.8. The van der Waals surface area contributed by atoms with Crippen LogP contribution in [0.3, 0.4) is 0 Å². The minimum Gasteiger partial charge on any atom is -0.486 e. The van der Waals surface area contributed by atoms with Crippen molar-refractivity contribution in [3.8, 4) is 17.2 Å². The molecule has 1 amide bonds. The van der Waals surface area contributed by atoms with Crippen molar-refractivity contribution in [3.05, 3.63) is 66.5 Å². The molecule has 35 heavy (non-hydrogen) atoms. The van der Waals surface area contributed by atoms with Gasteiger partial charge in [0.2, 0.25) is 15.9 Å². The Morgan fingerprint density at radius 3 is 2.51 bits per heavy atom. The Kier molecular flexibility index (Phi) is 6.74. The molecule has 1 saturated heterocycles. The van der Waals surface area contributed by atoms with E-state index in [1.807, 2.05) is 47.3 Å². The van der Waals surface area contributed by atoms with Gasteiger partial charge in [0, 0.05) is 44.2 Å². The molecule has 0 saturated carbocycles. The monoisotopic (exact) mass is 496 g/mol. The summed E-state index contributed by atoms with van der Waals surface area (Å²) in [6, 6.07) is 16.5. The highest BCUT2D eigenvalue weighted by Gasteiger charge is 2.32. The Hall–Kier alpha value is -3.37. The number of carbonyl (C=O) groups excluding carboxylic acids is 1. The Balaban J connectivity index is 1.11. The van der Waals surface area contributed by atoms with E-state index >= 15 is 0 Å². The maximum absolute atomic E-state index is 13.1. The summed E-state index contributed by atoms with van der Waals surface area (Å²) in [6.45, 7) is 1.94. The minimum absolute atomic E-state index is 0.0381. The number of rotatable bonds is 7. The van der Waals surface area contributed by atoms with E-state index < -0.39 is 10.0 Å². The molecule has 1 fully saturated rings. The Morgan fingerprint density at radius 1 is 1.00 bits per heavy atom. The highest BCUT2D eigenvalue weighted by atomic mass is 32.2. The number of hydrogen-bond acceptors (Lipinski definition) is 6. The van der Waals surface area contributed by atoms with Gasteiger partial charge in [-0.2, -0.15) is 9.40 Å². The van der Waals surface area contributed by atoms with Gasteiger partial charge in [-0.15, -0.1) is 0 Å². The minimum atomic E-state index is -3.66. The van der Waals surface area contributed by atoms with Gasteiger partial charge >= 0.3 is 0 Å². The zero-order chi connectivity index (χ0) is 24.3. The van der Waals surface area contributed by atoms with Crippen LogP contribution >= 0.6 is 0 Å². The van der Waals surface area contributed by atoms with Crippen LogP contribution in [0.5, 0.6) is 11.5 Å². The SMILES string of the molecule is O=C(NCCc1ccn(-c2ccccc2)n1)C1CCN(S(=O)(=O)c2ccc3c(c2)OCCO3)CC1. The van der Waals surface area contributed by atoms with Crippen molar-refractivity contribution in [2.45, 2.75) is 24.2 Å².